The Morgan fingerprint density at radius 2 is 1.86 bits per heavy atom. The quantitative estimate of drug-likeness (QED) is 0.294. The molecule has 0 aliphatic heterocycles. The molecule has 0 atom stereocenters. The topological polar surface area (TPSA) is 49.4 Å². The Morgan fingerprint density at radius 3 is 2.21 bits per heavy atom. The van der Waals surface area contributed by atoms with E-state index >= 15 is 0 Å². The molecular weight excluding hydrogens is 229 g/mol. The van der Waals surface area contributed by atoms with Gasteiger partial charge in [0.05, 0.1) is 31.5 Å². The van der Waals surface area contributed by atoms with Crippen LogP contribution in [0.2, 0.25) is 0 Å². The van der Waals surface area contributed by atoms with Gasteiger partial charge in [-0.25, -0.2) is 4.79 Å². The Morgan fingerprint density at radius 1 is 1.36 bits per heavy atom. The number of hydrogen-bond donors (Lipinski definition) is 0. The monoisotopic (exact) mass is 243 g/mol. The smallest absolute Gasteiger partial charge is 0.362 e. The number of hydrogen-bond acceptors (Lipinski definition) is 3. The van der Waals surface area contributed by atoms with Crippen LogP contribution in [0, 0.1) is 5.21 Å². The first kappa shape index (κ1) is 14.0. The zero-order valence-electron chi connectivity index (χ0n) is 8.17. The van der Waals surface area contributed by atoms with Crippen molar-refractivity contribution in [3.8, 4) is 0 Å². The molecule has 6 heteroatoms. The maximum absolute atomic E-state index is 11.9. The second kappa shape index (κ2) is 7.29. The van der Waals surface area contributed by atoms with Crippen molar-refractivity contribution < 1.29 is 14.2 Å². The average Bonchev–Trinajstić information content (AvgIpc) is 2.04. The van der Waals surface area contributed by atoms with Gasteiger partial charge in [-0.3, -0.25) is 0 Å². The number of halogens is 2. The van der Waals surface area contributed by atoms with Gasteiger partial charge in [-0.2, -0.15) is 0 Å². The van der Waals surface area contributed by atoms with E-state index in [9.17, 15) is 10.0 Å². The van der Waals surface area contributed by atoms with E-state index in [1.54, 1.807) is 6.92 Å². The fourth-order valence-electron chi connectivity index (χ4n) is 1.02. The van der Waals surface area contributed by atoms with Gasteiger partial charge in [-0.15, -0.1) is 23.2 Å². The van der Waals surface area contributed by atoms with Gasteiger partial charge in [-0.05, 0) is 6.92 Å². The third-order valence-electron chi connectivity index (χ3n) is 1.71. The van der Waals surface area contributed by atoms with Crippen molar-refractivity contribution in [2.45, 2.75) is 6.92 Å². The number of carbonyl (C=O) groups is 1. The summed E-state index contributed by atoms with van der Waals surface area (Å²) in [6.45, 7) is 2.11. The highest BCUT2D eigenvalue weighted by Crippen LogP contribution is 2.06. The van der Waals surface area contributed by atoms with E-state index in [1.165, 1.54) is 0 Å². The summed E-state index contributed by atoms with van der Waals surface area (Å²) in [5, 5.41) is 11.9. The van der Waals surface area contributed by atoms with Gasteiger partial charge in [0.25, 0.3) is 0 Å². The molecule has 0 aliphatic rings. The molecule has 0 saturated heterocycles. The highest BCUT2D eigenvalue weighted by Gasteiger charge is 2.20. The maximum atomic E-state index is 11.9. The van der Waals surface area contributed by atoms with Gasteiger partial charge in [0.2, 0.25) is 0 Å². The molecule has 0 N–H and O–H groups in total. The second-order valence-corrected chi connectivity index (χ2v) is 3.60. The van der Waals surface area contributed by atoms with Crippen molar-refractivity contribution in [1.82, 2.24) is 0 Å². The van der Waals surface area contributed by atoms with Gasteiger partial charge in [0, 0.05) is 0 Å². The van der Waals surface area contributed by atoms with Gasteiger partial charge >= 0.3 is 5.97 Å². The highest BCUT2D eigenvalue weighted by atomic mass is 35.5. The first-order valence-electron chi connectivity index (χ1n) is 4.42. The number of carbonyl (C=O) groups excluding carboxylic acids is 1. The Bertz CT molecular complexity index is 172. The lowest BCUT2D eigenvalue weighted by atomic mass is 10.4. The van der Waals surface area contributed by atoms with Crippen LogP contribution in [0.5, 0.6) is 0 Å². The molecule has 84 valence electrons. The fourth-order valence-corrected chi connectivity index (χ4v) is 1.64. The molecular formula is C8H15Cl2NO3. The largest absolute Gasteiger partial charge is 0.632 e. The van der Waals surface area contributed by atoms with Crippen molar-refractivity contribution in [1.29, 1.82) is 0 Å². The lowest BCUT2D eigenvalue weighted by molar-refractivity contribution is -0.868. The van der Waals surface area contributed by atoms with Gasteiger partial charge in [0.15, 0.2) is 6.54 Å². The van der Waals surface area contributed by atoms with Crippen molar-refractivity contribution in [3.05, 3.63) is 5.21 Å². The minimum Gasteiger partial charge on any atom is -0.632 e. The third kappa shape index (κ3) is 5.65. The van der Waals surface area contributed by atoms with Crippen LogP contribution < -0.4 is 0 Å². The van der Waals surface area contributed by atoms with Crippen LogP contribution in [0.1, 0.15) is 6.92 Å². The Labute approximate surface area is 93.9 Å². The minimum absolute atomic E-state index is 0.174. The van der Waals surface area contributed by atoms with E-state index in [1.807, 2.05) is 0 Å². The molecule has 0 spiro atoms. The molecule has 0 amide bonds. The second-order valence-electron chi connectivity index (χ2n) is 2.85. The Hall–Kier alpha value is -0.0300. The lowest BCUT2D eigenvalue weighted by Crippen LogP contribution is -2.49. The van der Waals surface area contributed by atoms with Crippen LogP contribution in [0.15, 0.2) is 0 Å². The fraction of sp³-hybridized carbons (Fsp3) is 0.875. The van der Waals surface area contributed by atoms with E-state index in [0.29, 0.717) is 0 Å². The molecule has 0 aliphatic carbocycles. The Balaban J connectivity index is 4.12. The molecule has 0 rings (SSSR count). The van der Waals surface area contributed by atoms with Crippen molar-refractivity contribution >= 4 is 29.2 Å². The molecule has 0 radical (unpaired) electrons. The molecule has 0 aromatic carbocycles. The maximum Gasteiger partial charge on any atom is 0.362 e. The summed E-state index contributed by atoms with van der Waals surface area (Å²) in [5.74, 6) is -0.0858. The molecule has 0 heterocycles. The van der Waals surface area contributed by atoms with Crippen LogP contribution in [-0.4, -0.2) is 48.6 Å². The molecule has 0 aromatic rings. The van der Waals surface area contributed by atoms with Gasteiger partial charge in [0.1, 0.15) is 0 Å². The van der Waals surface area contributed by atoms with Crippen LogP contribution >= 0.6 is 23.2 Å². The standard InChI is InChI=1S/C8H15Cl2NO3/c1-2-14-8(12)7-11(13,5-3-9)6-4-10/h2-7H2,1H3. The summed E-state index contributed by atoms with van der Waals surface area (Å²) in [6, 6.07) is 0. The zero-order valence-corrected chi connectivity index (χ0v) is 9.68. The van der Waals surface area contributed by atoms with E-state index in [-0.39, 0.29) is 38.0 Å². The number of hydroxylamine groups is 3. The first-order valence-corrected chi connectivity index (χ1v) is 5.49. The SMILES string of the molecule is CCOC(=O)C[N+]([O-])(CCCl)CCCl. The summed E-state index contributed by atoms with van der Waals surface area (Å²) in [4.78, 5) is 11.1. The molecule has 14 heavy (non-hydrogen) atoms. The molecule has 0 bridgehead atoms. The van der Waals surface area contributed by atoms with Crippen molar-refractivity contribution in [2.75, 3.05) is 38.0 Å². The summed E-state index contributed by atoms with van der Waals surface area (Å²) in [5.41, 5.74) is 0. The molecule has 0 aromatic heterocycles. The van der Waals surface area contributed by atoms with E-state index in [0.717, 1.165) is 0 Å². The first-order chi connectivity index (χ1) is 6.58. The van der Waals surface area contributed by atoms with Gasteiger partial charge < -0.3 is 14.6 Å². The summed E-state index contributed by atoms with van der Waals surface area (Å²) < 4.78 is 3.99. The summed E-state index contributed by atoms with van der Waals surface area (Å²) in [6.07, 6.45) is 0. The average molecular weight is 244 g/mol. The van der Waals surface area contributed by atoms with Crippen LogP contribution in [0.4, 0.5) is 0 Å². The van der Waals surface area contributed by atoms with Crippen molar-refractivity contribution in [3.63, 3.8) is 0 Å². The third-order valence-corrected chi connectivity index (χ3v) is 2.04. The highest BCUT2D eigenvalue weighted by molar-refractivity contribution is 6.18. The number of quaternary nitrogens is 1. The van der Waals surface area contributed by atoms with Crippen LogP contribution in [0.25, 0.3) is 0 Å². The predicted molar refractivity (Wildman–Crippen MR) is 56.3 cm³/mol. The number of ether oxygens (including phenoxy) is 1. The summed E-state index contributed by atoms with van der Waals surface area (Å²) >= 11 is 10.9. The number of esters is 1. The van der Waals surface area contributed by atoms with Gasteiger partial charge in [-0.1, -0.05) is 0 Å². The number of rotatable bonds is 7. The van der Waals surface area contributed by atoms with E-state index < -0.39 is 10.6 Å². The number of nitrogens with zero attached hydrogens (tertiary/aromatic N) is 1. The zero-order chi connectivity index (χ0) is 11.0. The minimum atomic E-state index is -0.703. The van der Waals surface area contributed by atoms with E-state index in [2.05, 4.69) is 4.74 Å². The summed E-state index contributed by atoms with van der Waals surface area (Å²) in [7, 11) is 0. The molecule has 4 nitrogen and oxygen atoms in total. The molecule has 0 saturated carbocycles. The predicted octanol–water partition coefficient (Wildman–Crippen LogP) is 1.34. The van der Waals surface area contributed by atoms with E-state index in [4.69, 9.17) is 23.2 Å². The molecule has 0 fully saturated rings. The lowest BCUT2D eigenvalue weighted by Gasteiger charge is -2.40. The van der Waals surface area contributed by atoms with Crippen LogP contribution in [-0.2, 0) is 9.53 Å². The molecule has 0 unspecified atom stereocenters. The number of alkyl halides is 2. The van der Waals surface area contributed by atoms with Crippen molar-refractivity contribution in [2.24, 2.45) is 0 Å². The Kier molecular flexibility index (Phi) is 7.27. The normalized spacial score (nSPS) is 11.4. The van der Waals surface area contributed by atoms with Crippen LogP contribution in [0.3, 0.4) is 0 Å².